The molecule has 1 amide bonds. The van der Waals surface area contributed by atoms with Gasteiger partial charge in [0.1, 0.15) is 11.3 Å². The molecule has 162 valence electrons. The number of rotatable bonds is 5. The Labute approximate surface area is 176 Å². The van der Waals surface area contributed by atoms with Crippen molar-refractivity contribution >= 4 is 16.9 Å². The van der Waals surface area contributed by atoms with E-state index in [1.54, 1.807) is 0 Å². The van der Waals surface area contributed by atoms with Crippen LogP contribution in [0, 0.1) is 6.92 Å². The third-order valence-corrected chi connectivity index (χ3v) is 6.22. The van der Waals surface area contributed by atoms with Crippen LogP contribution in [-0.4, -0.2) is 43.9 Å². The first kappa shape index (κ1) is 20.9. The molecule has 0 radical (unpaired) electrons. The molecule has 2 saturated heterocycles. The summed E-state index contributed by atoms with van der Waals surface area (Å²) in [5.41, 5.74) is 1.60. The molecule has 0 aliphatic carbocycles. The second-order valence-corrected chi connectivity index (χ2v) is 8.29. The molecule has 7 nitrogen and oxygen atoms in total. The second kappa shape index (κ2) is 8.78. The predicted molar refractivity (Wildman–Crippen MR) is 114 cm³/mol. The van der Waals surface area contributed by atoms with Crippen LogP contribution in [0.5, 0.6) is 5.75 Å². The molecule has 2 fully saturated rings. The van der Waals surface area contributed by atoms with E-state index in [0.29, 0.717) is 17.8 Å². The number of ether oxygens (including phenoxy) is 2. The fourth-order valence-corrected chi connectivity index (χ4v) is 4.72. The summed E-state index contributed by atoms with van der Waals surface area (Å²) in [5.74, 6) is 0.408. The van der Waals surface area contributed by atoms with Gasteiger partial charge in [0.25, 0.3) is 5.91 Å². The molecule has 1 aromatic carbocycles. The Balaban J connectivity index is 1.50. The summed E-state index contributed by atoms with van der Waals surface area (Å²) in [6.07, 6.45) is 4.34. The van der Waals surface area contributed by atoms with Crippen LogP contribution in [0.25, 0.3) is 11.0 Å². The minimum atomic E-state index is -0.377. The molecule has 1 spiro atoms. The standard InChI is InChI=1S/C23H30N2O5/c1-3-16-13-21(27)30-18-12-15(2)11-17(22(16)18)28-14-20(26)25-19-5-4-10-29-23(19)6-8-24-9-7-23/h11-13,19,24H,3-10,14H2,1-2H3,(H,25,26). The van der Waals surface area contributed by atoms with Gasteiger partial charge < -0.3 is 24.5 Å². The molecule has 0 saturated carbocycles. The van der Waals surface area contributed by atoms with Gasteiger partial charge in [-0.25, -0.2) is 4.79 Å². The highest BCUT2D eigenvalue weighted by Gasteiger charge is 2.43. The third kappa shape index (κ3) is 4.23. The Morgan fingerprint density at radius 3 is 2.87 bits per heavy atom. The summed E-state index contributed by atoms with van der Waals surface area (Å²) in [6.45, 7) is 6.36. The summed E-state index contributed by atoms with van der Waals surface area (Å²) in [6, 6.07) is 5.20. The number of aryl methyl sites for hydroxylation is 2. The minimum Gasteiger partial charge on any atom is -0.483 e. The summed E-state index contributed by atoms with van der Waals surface area (Å²) in [4.78, 5) is 24.6. The van der Waals surface area contributed by atoms with Crippen LogP contribution >= 0.6 is 0 Å². The van der Waals surface area contributed by atoms with E-state index < -0.39 is 0 Å². The van der Waals surface area contributed by atoms with Crippen molar-refractivity contribution in [3.63, 3.8) is 0 Å². The second-order valence-electron chi connectivity index (χ2n) is 8.29. The van der Waals surface area contributed by atoms with Crippen molar-refractivity contribution in [2.45, 2.75) is 57.6 Å². The van der Waals surface area contributed by atoms with Crippen LogP contribution in [0.15, 0.2) is 27.4 Å². The number of hydrogen-bond donors (Lipinski definition) is 2. The van der Waals surface area contributed by atoms with E-state index in [9.17, 15) is 9.59 Å². The SMILES string of the molecule is CCc1cc(=O)oc2cc(C)cc(OCC(=O)NC3CCCOC34CCNCC4)c12. The lowest BCUT2D eigenvalue weighted by atomic mass is 9.80. The fourth-order valence-electron chi connectivity index (χ4n) is 4.72. The molecule has 1 unspecified atom stereocenters. The van der Waals surface area contributed by atoms with Gasteiger partial charge in [0, 0.05) is 12.7 Å². The summed E-state index contributed by atoms with van der Waals surface area (Å²) < 4.78 is 17.5. The number of carbonyl (C=O) groups is 1. The zero-order chi connectivity index (χ0) is 21.1. The van der Waals surface area contributed by atoms with Crippen LogP contribution in [0.1, 0.15) is 43.7 Å². The molecule has 1 atom stereocenters. The minimum absolute atomic E-state index is 0.00271. The van der Waals surface area contributed by atoms with E-state index >= 15 is 0 Å². The Morgan fingerprint density at radius 2 is 2.10 bits per heavy atom. The van der Waals surface area contributed by atoms with E-state index in [2.05, 4.69) is 10.6 Å². The number of nitrogens with one attached hydrogen (secondary N) is 2. The largest absolute Gasteiger partial charge is 0.483 e. The highest BCUT2D eigenvalue weighted by molar-refractivity contribution is 5.88. The van der Waals surface area contributed by atoms with E-state index in [-0.39, 0.29) is 29.8 Å². The van der Waals surface area contributed by atoms with Crippen LogP contribution in [-0.2, 0) is 16.0 Å². The number of amides is 1. The third-order valence-electron chi connectivity index (χ3n) is 6.22. The van der Waals surface area contributed by atoms with Crippen molar-refractivity contribution in [3.8, 4) is 5.75 Å². The molecule has 2 aliphatic heterocycles. The average molecular weight is 415 g/mol. The van der Waals surface area contributed by atoms with Gasteiger partial charge in [0.05, 0.1) is 17.0 Å². The van der Waals surface area contributed by atoms with Gasteiger partial charge in [-0.05, 0) is 75.4 Å². The van der Waals surface area contributed by atoms with Crippen molar-refractivity contribution in [1.82, 2.24) is 10.6 Å². The normalized spacial score (nSPS) is 20.9. The maximum absolute atomic E-state index is 12.8. The first-order valence-corrected chi connectivity index (χ1v) is 10.8. The molecule has 0 bridgehead atoms. The van der Waals surface area contributed by atoms with Gasteiger partial charge in [0.2, 0.25) is 0 Å². The molecule has 30 heavy (non-hydrogen) atoms. The Kier molecular flexibility index (Phi) is 6.11. The first-order chi connectivity index (χ1) is 14.5. The summed E-state index contributed by atoms with van der Waals surface area (Å²) in [7, 11) is 0. The van der Waals surface area contributed by atoms with E-state index in [1.807, 2.05) is 26.0 Å². The van der Waals surface area contributed by atoms with Gasteiger partial charge in [-0.3, -0.25) is 4.79 Å². The van der Waals surface area contributed by atoms with Crippen LogP contribution in [0.2, 0.25) is 0 Å². The van der Waals surface area contributed by atoms with Crippen molar-refractivity contribution in [1.29, 1.82) is 0 Å². The quantitative estimate of drug-likeness (QED) is 0.731. The van der Waals surface area contributed by atoms with Crippen molar-refractivity contribution in [3.05, 3.63) is 39.7 Å². The van der Waals surface area contributed by atoms with Gasteiger partial charge in [-0.2, -0.15) is 0 Å². The zero-order valence-corrected chi connectivity index (χ0v) is 17.7. The van der Waals surface area contributed by atoms with E-state index in [0.717, 1.165) is 61.9 Å². The highest BCUT2D eigenvalue weighted by Crippen LogP contribution is 2.34. The maximum Gasteiger partial charge on any atom is 0.336 e. The number of fused-ring (bicyclic) bond motifs is 1. The smallest absolute Gasteiger partial charge is 0.336 e. The Bertz CT molecular complexity index is 969. The molecule has 2 aromatic rings. The Hall–Kier alpha value is -2.38. The summed E-state index contributed by atoms with van der Waals surface area (Å²) in [5, 5.41) is 7.28. The zero-order valence-electron chi connectivity index (χ0n) is 17.7. The first-order valence-electron chi connectivity index (χ1n) is 10.8. The van der Waals surface area contributed by atoms with Gasteiger partial charge >= 0.3 is 5.63 Å². The van der Waals surface area contributed by atoms with Gasteiger partial charge in [0.15, 0.2) is 6.61 Å². The lowest BCUT2D eigenvalue weighted by molar-refractivity contribution is -0.138. The monoisotopic (exact) mass is 414 g/mol. The molecule has 2 N–H and O–H groups in total. The Morgan fingerprint density at radius 1 is 1.30 bits per heavy atom. The molecular formula is C23H30N2O5. The van der Waals surface area contributed by atoms with Crippen molar-refractivity contribution in [2.24, 2.45) is 0 Å². The van der Waals surface area contributed by atoms with Gasteiger partial charge in [-0.15, -0.1) is 0 Å². The van der Waals surface area contributed by atoms with Crippen molar-refractivity contribution < 1.29 is 18.7 Å². The lowest BCUT2D eigenvalue weighted by Crippen LogP contribution is -2.61. The fraction of sp³-hybridized carbons (Fsp3) is 0.565. The number of carbonyl (C=O) groups excluding carboxylic acids is 1. The van der Waals surface area contributed by atoms with E-state index in [1.165, 1.54) is 6.07 Å². The number of hydrogen-bond acceptors (Lipinski definition) is 6. The average Bonchev–Trinajstić information content (AvgIpc) is 2.73. The lowest BCUT2D eigenvalue weighted by Gasteiger charge is -2.46. The number of piperidine rings is 1. The molecule has 1 aromatic heterocycles. The van der Waals surface area contributed by atoms with E-state index in [4.69, 9.17) is 13.9 Å². The molecule has 3 heterocycles. The predicted octanol–water partition coefficient (Wildman–Crippen LogP) is 2.46. The maximum atomic E-state index is 12.8. The topological polar surface area (TPSA) is 89.8 Å². The van der Waals surface area contributed by atoms with Crippen molar-refractivity contribution in [2.75, 3.05) is 26.3 Å². The highest BCUT2D eigenvalue weighted by atomic mass is 16.5. The van der Waals surface area contributed by atoms with Gasteiger partial charge in [-0.1, -0.05) is 6.92 Å². The number of benzene rings is 1. The van der Waals surface area contributed by atoms with Crippen LogP contribution < -0.4 is 21.0 Å². The molecule has 4 rings (SSSR count). The summed E-state index contributed by atoms with van der Waals surface area (Å²) >= 11 is 0. The molecule has 7 heteroatoms. The molecular weight excluding hydrogens is 384 g/mol. The van der Waals surface area contributed by atoms with Crippen LogP contribution in [0.3, 0.4) is 0 Å². The molecule has 2 aliphatic rings. The van der Waals surface area contributed by atoms with Crippen LogP contribution in [0.4, 0.5) is 0 Å².